The van der Waals surface area contributed by atoms with Gasteiger partial charge in [0.15, 0.2) is 6.29 Å². The topological polar surface area (TPSA) is 82.0 Å². The summed E-state index contributed by atoms with van der Waals surface area (Å²) < 4.78 is 12.2. The Kier molecular flexibility index (Phi) is 3.39. The van der Waals surface area contributed by atoms with E-state index < -0.39 is 6.29 Å². The van der Waals surface area contributed by atoms with E-state index in [1.807, 2.05) is 30.3 Å². The zero-order valence-corrected chi connectivity index (χ0v) is 10.2. The van der Waals surface area contributed by atoms with E-state index in [0.717, 1.165) is 5.69 Å². The summed E-state index contributed by atoms with van der Waals surface area (Å²) in [6.07, 6.45) is -0.258. The standard InChI is InChI=1S/C12H13N4O3/c17-11-8-10(6-7-18-11)19-12-13-14-15-16(12)9-4-2-1-3-5-9/h1-5,10-11H,6-8H2. The molecule has 99 valence electrons. The highest BCUT2D eigenvalue weighted by molar-refractivity contribution is 5.31. The molecule has 7 nitrogen and oxygen atoms in total. The number of para-hydroxylation sites is 1. The molecule has 1 radical (unpaired) electrons. The molecular formula is C12H13N4O3. The van der Waals surface area contributed by atoms with E-state index in [1.165, 1.54) is 4.68 Å². The van der Waals surface area contributed by atoms with Gasteiger partial charge < -0.3 is 9.47 Å². The molecular weight excluding hydrogens is 248 g/mol. The lowest BCUT2D eigenvalue weighted by Gasteiger charge is -2.24. The minimum atomic E-state index is -1.03. The van der Waals surface area contributed by atoms with Gasteiger partial charge in [-0.25, -0.2) is 5.11 Å². The molecule has 19 heavy (non-hydrogen) atoms. The molecule has 2 unspecified atom stereocenters. The molecule has 3 rings (SSSR count). The van der Waals surface area contributed by atoms with E-state index in [2.05, 4.69) is 15.5 Å². The van der Waals surface area contributed by atoms with Crippen LogP contribution in [0.1, 0.15) is 12.8 Å². The molecule has 1 aliphatic rings. The molecule has 7 heteroatoms. The van der Waals surface area contributed by atoms with Gasteiger partial charge in [0.1, 0.15) is 6.10 Å². The summed E-state index contributed by atoms with van der Waals surface area (Å²) in [6, 6.07) is 9.75. The van der Waals surface area contributed by atoms with Gasteiger partial charge >= 0.3 is 6.01 Å². The van der Waals surface area contributed by atoms with Crippen LogP contribution >= 0.6 is 0 Å². The van der Waals surface area contributed by atoms with Crippen molar-refractivity contribution in [3.63, 3.8) is 0 Å². The van der Waals surface area contributed by atoms with Gasteiger partial charge in [0.25, 0.3) is 0 Å². The predicted octanol–water partition coefficient (Wildman–Crippen LogP) is 0.977. The zero-order chi connectivity index (χ0) is 13.1. The minimum absolute atomic E-state index is 0.204. The average molecular weight is 261 g/mol. The van der Waals surface area contributed by atoms with Gasteiger partial charge in [-0.05, 0) is 22.6 Å². The lowest BCUT2D eigenvalue weighted by molar-refractivity contribution is -0.181. The Hall–Kier alpha value is -1.99. The van der Waals surface area contributed by atoms with Crippen LogP contribution in [0.25, 0.3) is 5.69 Å². The molecule has 1 aromatic heterocycles. The third-order valence-corrected chi connectivity index (χ3v) is 2.91. The second-order valence-electron chi connectivity index (χ2n) is 4.27. The number of aromatic nitrogens is 4. The SMILES string of the molecule is [O]C1CC(Oc2nnnn2-c2ccccc2)CCO1. The monoisotopic (exact) mass is 261 g/mol. The summed E-state index contributed by atoms with van der Waals surface area (Å²) in [7, 11) is 0. The highest BCUT2D eigenvalue weighted by Crippen LogP contribution is 2.20. The number of hydrogen-bond acceptors (Lipinski definition) is 5. The maximum atomic E-state index is 11.3. The van der Waals surface area contributed by atoms with E-state index in [9.17, 15) is 5.11 Å². The Balaban J connectivity index is 1.77. The van der Waals surface area contributed by atoms with Gasteiger partial charge in [-0.15, -0.1) is 0 Å². The summed E-state index contributed by atoms with van der Waals surface area (Å²) in [5.41, 5.74) is 0.813. The average Bonchev–Trinajstić information content (AvgIpc) is 2.88. The summed E-state index contributed by atoms with van der Waals surface area (Å²) in [6.45, 7) is 0.408. The Morgan fingerprint density at radius 2 is 2.16 bits per heavy atom. The van der Waals surface area contributed by atoms with Crippen LogP contribution in [0.5, 0.6) is 6.01 Å². The first-order valence-electron chi connectivity index (χ1n) is 6.11. The number of ether oxygens (including phenoxy) is 2. The largest absolute Gasteiger partial charge is 0.459 e. The van der Waals surface area contributed by atoms with Crippen LogP contribution in [-0.4, -0.2) is 39.2 Å². The van der Waals surface area contributed by atoms with Crippen molar-refractivity contribution in [3.8, 4) is 11.7 Å². The van der Waals surface area contributed by atoms with Crippen molar-refractivity contribution in [2.75, 3.05) is 6.61 Å². The first kappa shape index (κ1) is 12.1. The molecule has 1 fully saturated rings. The van der Waals surface area contributed by atoms with Crippen LogP contribution in [0.15, 0.2) is 30.3 Å². The van der Waals surface area contributed by atoms with Gasteiger partial charge in [-0.2, -0.15) is 4.68 Å². The maximum Gasteiger partial charge on any atom is 0.340 e. The van der Waals surface area contributed by atoms with E-state index in [4.69, 9.17) is 9.47 Å². The van der Waals surface area contributed by atoms with E-state index in [0.29, 0.717) is 25.5 Å². The third kappa shape index (κ3) is 2.72. The fourth-order valence-corrected chi connectivity index (χ4v) is 1.97. The Morgan fingerprint density at radius 1 is 1.32 bits per heavy atom. The van der Waals surface area contributed by atoms with Crippen molar-refractivity contribution >= 4 is 0 Å². The summed E-state index contributed by atoms with van der Waals surface area (Å²) in [4.78, 5) is 0. The first-order chi connectivity index (χ1) is 9.33. The normalized spacial score (nSPS) is 23.2. The van der Waals surface area contributed by atoms with Crippen LogP contribution in [0, 0.1) is 0 Å². The summed E-state index contributed by atoms with van der Waals surface area (Å²) in [5, 5.41) is 22.6. The van der Waals surface area contributed by atoms with Crippen molar-refractivity contribution in [3.05, 3.63) is 30.3 Å². The van der Waals surface area contributed by atoms with E-state index in [1.54, 1.807) is 0 Å². The molecule has 0 spiro atoms. The van der Waals surface area contributed by atoms with Crippen LogP contribution in [0.3, 0.4) is 0 Å². The Bertz CT molecular complexity index is 531. The minimum Gasteiger partial charge on any atom is -0.459 e. The molecule has 0 N–H and O–H groups in total. The highest BCUT2D eigenvalue weighted by Gasteiger charge is 2.25. The van der Waals surface area contributed by atoms with E-state index in [-0.39, 0.29) is 6.10 Å². The Labute approximate surface area is 109 Å². The van der Waals surface area contributed by atoms with Gasteiger partial charge in [-0.3, -0.25) is 0 Å². The number of benzene rings is 1. The zero-order valence-electron chi connectivity index (χ0n) is 10.2. The molecule has 0 amide bonds. The molecule has 1 aromatic carbocycles. The predicted molar refractivity (Wildman–Crippen MR) is 63.2 cm³/mol. The van der Waals surface area contributed by atoms with Crippen molar-refractivity contribution in [2.45, 2.75) is 25.2 Å². The van der Waals surface area contributed by atoms with Crippen LogP contribution in [0.2, 0.25) is 0 Å². The van der Waals surface area contributed by atoms with Gasteiger partial charge in [-0.1, -0.05) is 23.3 Å². The van der Waals surface area contributed by atoms with Crippen molar-refractivity contribution in [1.29, 1.82) is 0 Å². The Morgan fingerprint density at radius 3 is 2.95 bits per heavy atom. The smallest absolute Gasteiger partial charge is 0.340 e. The molecule has 0 saturated carbocycles. The fourth-order valence-electron chi connectivity index (χ4n) is 1.97. The fraction of sp³-hybridized carbons (Fsp3) is 0.417. The van der Waals surface area contributed by atoms with Crippen molar-refractivity contribution in [1.82, 2.24) is 20.2 Å². The number of rotatable bonds is 3. The highest BCUT2D eigenvalue weighted by atomic mass is 16.6. The quantitative estimate of drug-likeness (QED) is 0.822. The molecule has 1 aliphatic heterocycles. The van der Waals surface area contributed by atoms with Gasteiger partial charge in [0.05, 0.1) is 12.3 Å². The second kappa shape index (κ2) is 5.33. The van der Waals surface area contributed by atoms with Crippen molar-refractivity contribution < 1.29 is 14.6 Å². The molecule has 0 bridgehead atoms. The number of tetrazole rings is 1. The molecule has 1 saturated heterocycles. The molecule has 2 aromatic rings. The lowest BCUT2D eigenvalue weighted by atomic mass is 10.1. The van der Waals surface area contributed by atoms with Gasteiger partial charge in [0, 0.05) is 12.8 Å². The van der Waals surface area contributed by atoms with Crippen LogP contribution in [0.4, 0.5) is 0 Å². The molecule has 0 aliphatic carbocycles. The van der Waals surface area contributed by atoms with Gasteiger partial charge in [0.2, 0.25) is 0 Å². The molecule has 2 heterocycles. The third-order valence-electron chi connectivity index (χ3n) is 2.91. The van der Waals surface area contributed by atoms with Crippen LogP contribution < -0.4 is 4.74 Å². The second-order valence-corrected chi connectivity index (χ2v) is 4.27. The first-order valence-corrected chi connectivity index (χ1v) is 6.11. The number of hydrogen-bond donors (Lipinski definition) is 0. The lowest BCUT2D eigenvalue weighted by Crippen LogP contribution is -2.32. The van der Waals surface area contributed by atoms with E-state index >= 15 is 0 Å². The molecule has 2 atom stereocenters. The summed E-state index contributed by atoms with van der Waals surface area (Å²) >= 11 is 0. The maximum absolute atomic E-state index is 11.3. The van der Waals surface area contributed by atoms with Crippen molar-refractivity contribution in [2.24, 2.45) is 0 Å². The number of nitrogens with zero attached hydrogens (tertiary/aromatic N) is 4. The summed E-state index contributed by atoms with van der Waals surface area (Å²) in [5.74, 6) is 0. The van der Waals surface area contributed by atoms with Crippen LogP contribution in [-0.2, 0) is 9.84 Å².